The van der Waals surface area contributed by atoms with Crippen molar-refractivity contribution >= 4 is 23.4 Å². The lowest BCUT2D eigenvalue weighted by Gasteiger charge is -2.26. The van der Waals surface area contributed by atoms with E-state index in [-0.39, 0.29) is 37.1 Å². The van der Waals surface area contributed by atoms with Crippen LogP contribution in [0.25, 0.3) is 0 Å². The van der Waals surface area contributed by atoms with Gasteiger partial charge in [-0.3, -0.25) is 19.3 Å². The molecule has 0 spiro atoms. The quantitative estimate of drug-likeness (QED) is 0.840. The zero-order valence-electron chi connectivity index (χ0n) is 14.1. The van der Waals surface area contributed by atoms with E-state index in [4.69, 9.17) is 5.26 Å². The first-order chi connectivity index (χ1) is 12.6. The monoisotopic (exact) mass is 347 g/mol. The van der Waals surface area contributed by atoms with Crippen LogP contribution in [0.3, 0.4) is 0 Å². The predicted octanol–water partition coefficient (Wildman–Crippen LogP) is 2.31. The number of anilines is 1. The number of carbonyl (C=O) groups is 3. The van der Waals surface area contributed by atoms with Crippen LogP contribution in [0, 0.1) is 11.3 Å². The van der Waals surface area contributed by atoms with Crippen molar-refractivity contribution < 1.29 is 14.4 Å². The van der Waals surface area contributed by atoms with Gasteiger partial charge in [0.25, 0.3) is 5.91 Å². The van der Waals surface area contributed by atoms with Crippen molar-refractivity contribution in [3.63, 3.8) is 0 Å². The van der Waals surface area contributed by atoms with Gasteiger partial charge in [0.2, 0.25) is 11.8 Å². The Balaban J connectivity index is 1.58. The highest BCUT2D eigenvalue weighted by atomic mass is 16.2. The van der Waals surface area contributed by atoms with Crippen LogP contribution in [0.1, 0.15) is 27.9 Å². The Hall–Kier alpha value is -3.46. The summed E-state index contributed by atoms with van der Waals surface area (Å²) < 4.78 is 0. The van der Waals surface area contributed by atoms with E-state index in [0.717, 1.165) is 16.0 Å². The molecule has 1 aliphatic rings. The van der Waals surface area contributed by atoms with Crippen LogP contribution in [0.15, 0.2) is 48.5 Å². The lowest BCUT2D eigenvalue weighted by atomic mass is 9.98. The number of nitrogens with one attached hydrogen (secondary N) is 1. The Labute approximate surface area is 151 Å². The Morgan fingerprint density at radius 1 is 1.12 bits per heavy atom. The van der Waals surface area contributed by atoms with E-state index < -0.39 is 0 Å². The fourth-order valence-corrected chi connectivity index (χ4v) is 2.86. The van der Waals surface area contributed by atoms with E-state index in [2.05, 4.69) is 11.4 Å². The number of hydrogen-bond acceptors (Lipinski definition) is 4. The Morgan fingerprint density at radius 3 is 2.58 bits per heavy atom. The highest BCUT2D eigenvalue weighted by Gasteiger charge is 2.30. The van der Waals surface area contributed by atoms with Gasteiger partial charge in [-0.2, -0.15) is 5.26 Å². The molecule has 3 rings (SSSR count). The molecule has 1 heterocycles. The first-order valence-corrected chi connectivity index (χ1v) is 8.27. The summed E-state index contributed by atoms with van der Waals surface area (Å²) >= 11 is 0. The highest BCUT2D eigenvalue weighted by Crippen LogP contribution is 2.20. The van der Waals surface area contributed by atoms with Crippen LogP contribution in [-0.4, -0.2) is 29.2 Å². The van der Waals surface area contributed by atoms with Gasteiger partial charge >= 0.3 is 0 Å². The second-order valence-electron chi connectivity index (χ2n) is 6.01. The number of nitriles is 1. The minimum Gasteiger partial charge on any atom is -0.326 e. The number of amides is 3. The van der Waals surface area contributed by atoms with E-state index in [0.29, 0.717) is 17.7 Å². The van der Waals surface area contributed by atoms with E-state index in [1.165, 1.54) is 0 Å². The molecule has 6 nitrogen and oxygen atoms in total. The third-order valence-corrected chi connectivity index (χ3v) is 4.22. The zero-order chi connectivity index (χ0) is 18.5. The Morgan fingerprint density at radius 2 is 1.85 bits per heavy atom. The molecule has 0 atom stereocenters. The number of carbonyl (C=O) groups excluding carboxylic acids is 3. The molecule has 26 heavy (non-hydrogen) atoms. The van der Waals surface area contributed by atoms with Gasteiger partial charge in [-0.1, -0.05) is 30.3 Å². The predicted molar refractivity (Wildman–Crippen MR) is 95.2 cm³/mol. The van der Waals surface area contributed by atoms with Crippen molar-refractivity contribution in [1.29, 1.82) is 5.26 Å². The molecule has 2 aromatic carbocycles. The van der Waals surface area contributed by atoms with E-state index in [1.807, 2.05) is 0 Å². The Kier molecular flexibility index (Phi) is 5.09. The van der Waals surface area contributed by atoms with Gasteiger partial charge in [0, 0.05) is 24.2 Å². The smallest absolute Gasteiger partial charge is 0.260 e. The van der Waals surface area contributed by atoms with Crippen molar-refractivity contribution in [2.24, 2.45) is 0 Å². The largest absolute Gasteiger partial charge is 0.326 e. The van der Waals surface area contributed by atoms with Crippen LogP contribution in [0.2, 0.25) is 0 Å². The van der Waals surface area contributed by atoms with Crippen LogP contribution in [0.5, 0.6) is 0 Å². The molecule has 1 aliphatic heterocycles. The molecule has 0 fully saturated rings. The SMILES string of the molecule is N#CCc1ccc(NC(=O)CCN2C(=O)Cc3ccccc3C2=O)cc1. The molecule has 3 amide bonds. The van der Waals surface area contributed by atoms with Gasteiger partial charge in [-0.05, 0) is 29.3 Å². The molecular formula is C20H17N3O3. The zero-order valence-corrected chi connectivity index (χ0v) is 14.1. The lowest BCUT2D eigenvalue weighted by Crippen LogP contribution is -2.43. The molecule has 0 radical (unpaired) electrons. The van der Waals surface area contributed by atoms with Gasteiger partial charge < -0.3 is 5.32 Å². The fourth-order valence-electron chi connectivity index (χ4n) is 2.86. The van der Waals surface area contributed by atoms with Gasteiger partial charge in [0.05, 0.1) is 18.9 Å². The van der Waals surface area contributed by atoms with Crippen LogP contribution >= 0.6 is 0 Å². The number of nitrogens with zero attached hydrogens (tertiary/aromatic N) is 2. The molecule has 1 N–H and O–H groups in total. The summed E-state index contributed by atoms with van der Waals surface area (Å²) in [7, 11) is 0. The molecule has 130 valence electrons. The van der Waals surface area contributed by atoms with Crippen LogP contribution < -0.4 is 5.32 Å². The normalized spacial score (nSPS) is 13.1. The third kappa shape index (κ3) is 3.78. The summed E-state index contributed by atoms with van der Waals surface area (Å²) in [6.45, 7) is 0.0460. The number of imide groups is 1. The topological polar surface area (TPSA) is 90.3 Å². The third-order valence-electron chi connectivity index (χ3n) is 4.22. The van der Waals surface area contributed by atoms with Crippen LogP contribution in [-0.2, 0) is 22.4 Å². The van der Waals surface area contributed by atoms with Crippen molar-refractivity contribution in [2.45, 2.75) is 19.3 Å². The highest BCUT2D eigenvalue weighted by molar-refractivity contribution is 6.10. The minimum absolute atomic E-state index is 0.0274. The maximum Gasteiger partial charge on any atom is 0.260 e. The molecular weight excluding hydrogens is 330 g/mol. The molecule has 0 saturated heterocycles. The van der Waals surface area contributed by atoms with E-state index in [1.54, 1.807) is 48.5 Å². The summed E-state index contributed by atoms with van der Waals surface area (Å²) in [4.78, 5) is 37.9. The number of fused-ring (bicyclic) bond motifs is 1. The van der Waals surface area contributed by atoms with Crippen LogP contribution in [0.4, 0.5) is 5.69 Å². The summed E-state index contributed by atoms with van der Waals surface area (Å²) in [5.41, 5.74) is 2.72. The summed E-state index contributed by atoms with van der Waals surface area (Å²) in [6.07, 6.45) is 0.512. The summed E-state index contributed by atoms with van der Waals surface area (Å²) in [5, 5.41) is 11.4. The second-order valence-corrected chi connectivity index (χ2v) is 6.01. The van der Waals surface area contributed by atoms with Crippen molar-refractivity contribution in [3.8, 4) is 6.07 Å². The van der Waals surface area contributed by atoms with Crippen molar-refractivity contribution in [1.82, 2.24) is 4.90 Å². The van der Waals surface area contributed by atoms with Gasteiger partial charge in [-0.15, -0.1) is 0 Å². The van der Waals surface area contributed by atoms with Gasteiger partial charge in [0.1, 0.15) is 0 Å². The molecule has 0 bridgehead atoms. The molecule has 6 heteroatoms. The lowest BCUT2D eigenvalue weighted by molar-refractivity contribution is -0.128. The molecule has 0 aromatic heterocycles. The molecule has 0 saturated carbocycles. The first-order valence-electron chi connectivity index (χ1n) is 8.27. The molecule has 0 unspecified atom stereocenters. The average molecular weight is 347 g/mol. The Bertz CT molecular complexity index is 897. The maximum atomic E-state index is 12.4. The summed E-state index contributed by atoms with van der Waals surface area (Å²) in [6, 6.07) is 16.1. The average Bonchev–Trinajstić information content (AvgIpc) is 2.63. The van der Waals surface area contributed by atoms with E-state index in [9.17, 15) is 14.4 Å². The number of hydrogen-bond donors (Lipinski definition) is 1. The summed E-state index contributed by atoms with van der Waals surface area (Å²) in [5.74, 6) is -0.926. The standard InChI is InChI=1S/C20H17N3O3/c21-11-9-14-5-7-16(8-6-14)22-18(24)10-12-23-19(25)13-15-3-1-2-4-17(15)20(23)26/h1-8H,9-10,12-13H2,(H,22,24). The van der Waals surface area contributed by atoms with Crippen molar-refractivity contribution in [2.75, 3.05) is 11.9 Å². The van der Waals surface area contributed by atoms with E-state index >= 15 is 0 Å². The van der Waals surface area contributed by atoms with Crippen molar-refractivity contribution in [3.05, 3.63) is 65.2 Å². The van der Waals surface area contributed by atoms with Gasteiger partial charge in [-0.25, -0.2) is 0 Å². The maximum absolute atomic E-state index is 12.4. The minimum atomic E-state index is -0.356. The fraction of sp³-hybridized carbons (Fsp3) is 0.200. The van der Waals surface area contributed by atoms with Gasteiger partial charge in [0.15, 0.2) is 0 Å². The molecule has 0 aliphatic carbocycles. The first kappa shape index (κ1) is 17.4. The molecule has 2 aromatic rings. The second kappa shape index (κ2) is 7.62. The number of benzene rings is 2. The number of rotatable bonds is 5.